The predicted molar refractivity (Wildman–Crippen MR) is 153 cm³/mol. The lowest BCUT2D eigenvalue weighted by molar-refractivity contribution is -0.129. The van der Waals surface area contributed by atoms with Crippen LogP contribution >= 0.6 is 23.2 Å². The number of ether oxygens (including phenoxy) is 3. The van der Waals surface area contributed by atoms with Gasteiger partial charge in [-0.15, -0.1) is 0 Å². The Balaban J connectivity index is 0.000000417. The normalized spacial score (nSPS) is 20.4. The Hall–Kier alpha value is -2.35. The van der Waals surface area contributed by atoms with Crippen molar-refractivity contribution in [2.75, 3.05) is 50.0 Å². The molecule has 8 nitrogen and oxygen atoms in total. The van der Waals surface area contributed by atoms with Crippen LogP contribution < -0.4 is 9.64 Å². The molecule has 0 amide bonds. The molecule has 2 aliphatic rings. The van der Waals surface area contributed by atoms with Gasteiger partial charge in [0.1, 0.15) is 18.5 Å². The summed E-state index contributed by atoms with van der Waals surface area (Å²) in [4.78, 5) is 6.12. The Kier molecular flexibility index (Phi) is 11.7. The van der Waals surface area contributed by atoms with Crippen LogP contribution in [0.3, 0.4) is 0 Å². The fourth-order valence-corrected chi connectivity index (χ4v) is 5.81. The molecule has 2 saturated heterocycles. The third kappa shape index (κ3) is 10.8. The summed E-state index contributed by atoms with van der Waals surface area (Å²) in [6.45, 7) is 3.54. The lowest BCUT2D eigenvalue weighted by Gasteiger charge is -2.35. The van der Waals surface area contributed by atoms with Crippen LogP contribution in [0.5, 0.6) is 5.75 Å². The quantitative estimate of drug-likeness (QED) is 0.312. The van der Waals surface area contributed by atoms with Gasteiger partial charge in [-0.2, -0.15) is 13.2 Å². The second-order valence-electron chi connectivity index (χ2n) is 9.33. The van der Waals surface area contributed by atoms with Crippen LogP contribution in [0.15, 0.2) is 67.3 Å². The van der Waals surface area contributed by atoms with Gasteiger partial charge in [-0.25, -0.2) is 13.5 Å². The fourth-order valence-electron chi connectivity index (χ4n) is 4.14. The highest BCUT2D eigenvalue weighted by Gasteiger charge is 2.30. The molecule has 2 fully saturated rings. The van der Waals surface area contributed by atoms with E-state index in [1.807, 2.05) is 41.1 Å². The van der Waals surface area contributed by atoms with Crippen LogP contribution in [0.25, 0.3) is 0 Å². The van der Waals surface area contributed by atoms with Crippen molar-refractivity contribution < 1.29 is 31.6 Å². The van der Waals surface area contributed by atoms with E-state index in [0.717, 1.165) is 5.69 Å². The third-order valence-electron chi connectivity index (χ3n) is 6.24. The molecule has 2 aliphatic heterocycles. The van der Waals surface area contributed by atoms with Gasteiger partial charge in [0.2, 0.25) is 0 Å². The molecule has 0 radical (unpaired) electrons. The largest absolute Gasteiger partial charge is 0.491 e. The Morgan fingerprint density at radius 3 is 2.34 bits per heavy atom. The number of anilines is 1. The SMILES string of the molecule is Clc1cccc(Cl)c1.O=S(CCC(F)(F)F)N1CCN(c2ccc(OCC3COC(Cn4ccnc4)O3)cc2)CC1. The number of piperazine rings is 1. The van der Waals surface area contributed by atoms with E-state index in [0.29, 0.717) is 61.7 Å². The average molecular weight is 636 g/mol. The molecular formula is C27H31Cl2F3N4O4S. The number of hydrogen-bond donors (Lipinski definition) is 0. The maximum Gasteiger partial charge on any atom is 0.390 e. The summed E-state index contributed by atoms with van der Waals surface area (Å²) in [6, 6.07) is 14.7. The Labute approximate surface area is 249 Å². The zero-order valence-corrected chi connectivity index (χ0v) is 24.4. The van der Waals surface area contributed by atoms with Crippen LogP contribution in [-0.4, -0.2) is 81.8 Å². The van der Waals surface area contributed by atoms with Gasteiger partial charge in [-0.05, 0) is 42.5 Å². The highest BCUT2D eigenvalue weighted by Crippen LogP contribution is 2.24. The molecule has 41 heavy (non-hydrogen) atoms. The first-order valence-corrected chi connectivity index (χ1v) is 15.0. The summed E-state index contributed by atoms with van der Waals surface area (Å²) in [5, 5.41) is 1.36. The average Bonchev–Trinajstić information content (AvgIpc) is 3.63. The van der Waals surface area contributed by atoms with Crippen molar-refractivity contribution in [3.05, 3.63) is 77.3 Å². The molecule has 0 bridgehead atoms. The zero-order chi connectivity index (χ0) is 29.2. The second kappa shape index (κ2) is 15.2. The summed E-state index contributed by atoms with van der Waals surface area (Å²) in [5.74, 6) is 0.336. The topological polar surface area (TPSA) is 69.1 Å². The zero-order valence-electron chi connectivity index (χ0n) is 22.1. The smallest absolute Gasteiger partial charge is 0.390 e. The molecule has 0 N–H and O–H groups in total. The standard InChI is InChI=1S/C21H27F3N4O4S.C6H4Cl2/c22-21(23,24)5-12-33(29)28-10-8-27(9-11-28)17-1-3-18(4-2-17)30-14-19-15-31-20(32-19)13-26-7-6-25-16-26;7-5-2-1-3-6(8)4-5/h1-4,6-7,16,19-20H,5,8-15H2;1-4H. The maximum atomic E-state index is 12.3. The van der Waals surface area contributed by atoms with Crippen molar-refractivity contribution in [1.82, 2.24) is 13.9 Å². The van der Waals surface area contributed by atoms with Gasteiger partial charge < -0.3 is 23.7 Å². The molecule has 0 saturated carbocycles. The summed E-state index contributed by atoms with van der Waals surface area (Å²) < 4.78 is 69.9. The molecule has 5 rings (SSSR count). The highest BCUT2D eigenvalue weighted by molar-refractivity contribution is 7.82. The Morgan fingerprint density at radius 1 is 1.05 bits per heavy atom. The number of alkyl halides is 3. The van der Waals surface area contributed by atoms with Crippen molar-refractivity contribution in [2.24, 2.45) is 0 Å². The lowest BCUT2D eigenvalue weighted by Crippen LogP contribution is -2.47. The predicted octanol–water partition coefficient (Wildman–Crippen LogP) is 5.44. The van der Waals surface area contributed by atoms with E-state index in [-0.39, 0.29) is 18.1 Å². The molecule has 3 aromatic rings. The van der Waals surface area contributed by atoms with Gasteiger partial charge in [-0.1, -0.05) is 29.3 Å². The van der Waals surface area contributed by atoms with E-state index in [9.17, 15) is 17.4 Å². The van der Waals surface area contributed by atoms with E-state index >= 15 is 0 Å². The molecular weight excluding hydrogens is 604 g/mol. The van der Waals surface area contributed by atoms with Crippen molar-refractivity contribution in [1.29, 1.82) is 0 Å². The minimum absolute atomic E-state index is 0.149. The summed E-state index contributed by atoms with van der Waals surface area (Å²) in [6.07, 6.45) is -0.499. The van der Waals surface area contributed by atoms with Crippen molar-refractivity contribution in [2.45, 2.75) is 31.5 Å². The van der Waals surface area contributed by atoms with Gasteiger partial charge in [-0.3, -0.25) is 0 Å². The molecule has 3 heterocycles. The number of hydrogen-bond acceptors (Lipinski definition) is 6. The first kappa shape index (κ1) is 31.6. The monoisotopic (exact) mass is 634 g/mol. The number of imidazole rings is 1. The molecule has 224 valence electrons. The van der Waals surface area contributed by atoms with E-state index in [2.05, 4.69) is 9.88 Å². The van der Waals surface area contributed by atoms with Crippen LogP contribution in [-0.2, 0) is 27.0 Å². The molecule has 0 aliphatic carbocycles. The first-order valence-electron chi connectivity index (χ1n) is 13.0. The van der Waals surface area contributed by atoms with Gasteiger partial charge in [0.15, 0.2) is 6.29 Å². The van der Waals surface area contributed by atoms with E-state index in [4.69, 9.17) is 37.4 Å². The number of halogens is 5. The molecule has 0 spiro atoms. The van der Waals surface area contributed by atoms with E-state index in [1.165, 1.54) is 0 Å². The number of rotatable bonds is 9. The second-order valence-corrected chi connectivity index (χ2v) is 11.8. The van der Waals surface area contributed by atoms with Crippen molar-refractivity contribution >= 4 is 39.9 Å². The fraction of sp³-hybridized carbons (Fsp3) is 0.444. The maximum absolute atomic E-state index is 12.3. The molecule has 14 heteroatoms. The van der Waals surface area contributed by atoms with Crippen molar-refractivity contribution in [3.63, 3.8) is 0 Å². The Morgan fingerprint density at radius 2 is 1.76 bits per heavy atom. The lowest BCUT2D eigenvalue weighted by atomic mass is 10.2. The van der Waals surface area contributed by atoms with Crippen LogP contribution in [0.2, 0.25) is 10.0 Å². The van der Waals surface area contributed by atoms with Crippen LogP contribution in [0.4, 0.5) is 18.9 Å². The van der Waals surface area contributed by atoms with Gasteiger partial charge in [0.25, 0.3) is 0 Å². The summed E-state index contributed by atoms with van der Waals surface area (Å²) in [7, 11) is -1.60. The number of benzene rings is 2. The van der Waals surface area contributed by atoms with Crippen molar-refractivity contribution in [3.8, 4) is 5.75 Å². The van der Waals surface area contributed by atoms with Gasteiger partial charge in [0.05, 0.1) is 36.9 Å². The highest BCUT2D eigenvalue weighted by atomic mass is 35.5. The molecule has 3 atom stereocenters. The Bertz CT molecular complexity index is 1210. The van der Waals surface area contributed by atoms with E-state index < -0.39 is 23.6 Å². The van der Waals surface area contributed by atoms with E-state index in [1.54, 1.807) is 35.0 Å². The minimum Gasteiger partial charge on any atom is -0.491 e. The van der Waals surface area contributed by atoms with Crippen LogP contribution in [0, 0.1) is 0 Å². The minimum atomic E-state index is -4.28. The van der Waals surface area contributed by atoms with Gasteiger partial charge in [0, 0.05) is 60.1 Å². The number of nitrogens with zero attached hydrogens (tertiary/aromatic N) is 4. The summed E-state index contributed by atoms with van der Waals surface area (Å²) >= 11 is 11.1. The molecule has 2 aromatic carbocycles. The first-order chi connectivity index (χ1) is 19.6. The number of aromatic nitrogens is 2. The summed E-state index contributed by atoms with van der Waals surface area (Å²) in [5.41, 5.74) is 0.990. The van der Waals surface area contributed by atoms with Gasteiger partial charge >= 0.3 is 6.18 Å². The third-order valence-corrected chi connectivity index (χ3v) is 8.21. The molecule has 1 aromatic heterocycles. The molecule has 3 unspecified atom stereocenters. The van der Waals surface area contributed by atoms with Crippen LogP contribution in [0.1, 0.15) is 6.42 Å².